The van der Waals surface area contributed by atoms with Gasteiger partial charge in [0.05, 0.1) is 22.2 Å². The van der Waals surface area contributed by atoms with Crippen LogP contribution < -0.4 is 0 Å². The van der Waals surface area contributed by atoms with E-state index in [0.717, 1.165) is 61.0 Å². The minimum Gasteiger partial charge on any atom is -0.436 e. The summed E-state index contributed by atoms with van der Waals surface area (Å²) in [7, 11) is 0. The summed E-state index contributed by atoms with van der Waals surface area (Å²) >= 11 is 0. The minimum atomic E-state index is 0.633. The molecule has 48 heavy (non-hydrogen) atoms. The van der Waals surface area contributed by atoms with E-state index in [9.17, 15) is 0 Å². The molecule has 0 aliphatic heterocycles. The minimum absolute atomic E-state index is 0.633. The number of hydrogen-bond donors (Lipinski definition) is 0. The largest absolute Gasteiger partial charge is 0.436 e. The Morgan fingerprint density at radius 1 is 0.396 bits per heavy atom. The van der Waals surface area contributed by atoms with Crippen LogP contribution in [0.15, 0.2) is 168 Å². The maximum atomic E-state index is 5.98. The highest BCUT2D eigenvalue weighted by atomic mass is 16.3. The van der Waals surface area contributed by atoms with E-state index in [2.05, 4.69) is 149 Å². The van der Waals surface area contributed by atoms with Crippen LogP contribution in [0.25, 0.3) is 94.1 Å². The van der Waals surface area contributed by atoms with E-state index in [0.29, 0.717) is 5.89 Å². The van der Waals surface area contributed by atoms with Crippen LogP contribution in [-0.2, 0) is 0 Å². The molecule has 0 saturated carbocycles. The molecule has 7 aromatic carbocycles. The molecule has 0 radical (unpaired) electrons. The zero-order valence-corrected chi connectivity index (χ0v) is 25.8. The van der Waals surface area contributed by atoms with E-state index >= 15 is 0 Å². The molecule has 0 fully saturated rings. The van der Waals surface area contributed by atoms with Crippen LogP contribution in [-0.4, -0.2) is 14.5 Å². The maximum absolute atomic E-state index is 5.98. The molecular weight excluding hydrogens is 587 g/mol. The first-order valence-corrected chi connectivity index (χ1v) is 16.2. The molecule has 224 valence electrons. The van der Waals surface area contributed by atoms with Crippen LogP contribution in [0.1, 0.15) is 0 Å². The zero-order valence-electron chi connectivity index (χ0n) is 25.8. The highest BCUT2D eigenvalue weighted by molar-refractivity contribution is 6.29. The number of fused-ring (bicyclic) bond motifs is 8. The van der Waals surface area contributed by atoms with Crippen LogP contribution in [0.5, 0.6) is 0 Å². The van der Waals surface area contributed by atoms with Crippen molar-refractivity contribution >= 4 is 54.6 Å². The number of nitrogens with zero attached hydrogens (tertiary/aromatic N) is 3. The molecule has 4 nitrogen and oxygen atoms in total. The summed E-state index contributed by atoms with van der Waals surface area (Å²) in [4.78, 5) is 9.92. The van der Waals surface area contributed by atoms with Gasteiger partial charge in [-0.1, -0.05) is 109 Å². The Morgan fingerprint density at radius 2 is 1.02 bits per heavy atom. The van der Waals surface area contributed by atoms with E-state index in [4.69, 9.17) is 9.40 Å². The maximum Gasteiger partial charge on any atom is 0.227 e. The smallest absolute Gasteiger partial charge is 0.227 e. The van der Waals surface area contributed by atoms with E-state index in [1.54, 1.807) is 0 Å². The van der Waals surface area contributed by atoms with Gasteiger partial charge in [0.25, 0.3) is 0 Å². The fourth-order valence-electron chi connectivity index (χ4n) is 7.20. The van der Waals surface area contributed by atoms with Crippen LogP contribution in [0.4, 0.5) is 0 Å². The lowest BCUT2D eigenvalue weighted by Crippen LogP contribution is -1.94. The van der Waals surface area contributed by atoms with Gasteiger partial charge in [-0.3, -0.25) is 0 Å². The summed E-state index contributed by atoms with van der Waals surface area (Å²) in [5.74, 6) is 0.633. The third kappa shape index (κ3) is 4.10. The Bertz CT molecular complexity index is 2780. The molecule has 0 aliphatic rings. The van der Waals surface area contributed by atoms with E-state index in [1.165, 1.54) is 27.2 Å². The van der Waals surface area contributed by atoms with E-state index in [-0.39, 0.29) is 0 Å². The molecule has 3 aromatic heterocycles. The molecule has 4 heteroatoms. The predicted octanol–water partition coefficient (Wildman–Crippen LogP) is 11.6. The Balaban J connectivity index is 1.12. The molecule has 0 N–H and O–H groups in total. The first kappa shape index (κ1) is 26.7. The number of rotatable bonds is 4. The molecule has 0 spiro atoms. The van der Waals surface area contributed by atoms with Gasteiger partial charge in [0.15, 0.2) is 5.58 Å². The first-order valence-electron chi connectivity index (χ1n) is 16.2. The normalized spacial score (nSPS) is 11.8. The third-order valence-electron chi connectivity index (χ3n) is 9.43. The molecule has 0 atom stereocenters. The quantitative estimate of drug-likeness (QED) is 0.186. The summed E-state index contributed by atoms with van der Waals surface area (Å²) in [6, 6.07) is 57.4. The molecule has 0 amide bonds. The van der Waals surface area contributed by atoms with Crippen LogP contribution in [0, 0.1) is 0 Å². The summed E-state index contributed by atoms with van der Waals surface area (Å²) in [5.41, 5.74) is 11.5. The molecule has 0 unspecified atom stereocenters. The number of pyridine rings is 1. The Labute approximate surface area is 276 Å². The summed E-state index contributed by atoms with van der Waals surface area (Å²) in [5, 5.41) is 6.03. The van der Waals surface area contributed by atoms with Gasteiger partial charge in [-0.2, -0.15) is 0 Å². The topological polar surface area (TPSA) is 43.9 Å². The first-order chi connectivity index (χ1) is 23.8. The monoisotopic (exact) mass is 613 g/mol. The van der Waals surface area contributed by atoms with Gasteiger partial charge in [-0.25, -0.2) is 9.97 Å². The molecule has 0 saturated heterocycles. The lowest BCUT2D eigenvalue weighted by molar-refractivity contribution is 0.620. The van der Waals surface area contributed by atoms with Crippen LogP contribution in [0.2, 0.25) is 0 Å². The van der Waals surface area contributed by atoms with Crippen molar-refractivity contribution in [2.24, 2.45) is 0 Å². The number of para-hydroxylation sites is 5. The fraction of sp³-hybridized carbons (Fsp3) is 0. The number of oxazole rings is 1. The Morgan fingerprint density at radius 3 is 1.79 bits per heavy atom. The van der Waals surface area contributed by atoms with Gasteiger partial charge >= 0.3 is 0 Å². The van der Waals surface area contributed by atoms with Gasteiger partial charge < -0.3 is 8.98 Å². The van der Waals surface area contributed by atoms with Crippen molar-refractivity contribution in [3.05, 3.63) is 164 Å². The van der Waals surface area contributed by atoms with Gasteiger partial charge in [0, 0.05) is 43.7 Å². The van der Waals surface area contributed by atoms with Gasteiger partial charge in [0.1, 0.15) is 5.52 Å². The molecule has 10 rings (SSSR count). The van der Waals surface area contributed by atoms with E-state index < -0.39 is 0 Å². The van der Waals surface area contributed by atoms with Crippen molar-refractivity contribution in [3.8, 4) is 39.5 Å². The lowest BCUT2D eigenvalue weighted by atomic mass is 9.95. The lowest BCUT2D eigenvalue weighted by Gasteiger charge is -2.13. The number of aromatic nitrogens is 3. The van der Waals surface area contributed by atoms with Crippen molar-refractivity contribution in [1.29, 1.82) is 0 Å². The van der Waals surface area contributed by atoms with Crippen molar-refractivity contribution in [2.45, 2.75) is 0 Å². The molecule has 0 bridgehead atoms. The van der Waals surface area contributed by atoms with Gasteiger partial charge in [-0.15, -0.1) is 0 Å². The zero-order chi connectivity index (χ0) is 31.6. The predicted molar refractivity (Wildman–Crippen MR) is 197 cm³/mol. The second-order valence-corrected chi connectivity index (χ2v) is 12.2. The number of benzene rings is 7. The SMILES string of the molecule is c1ccc(-n2c3ccccc3c3c4c(ccc32)c(-c2ccc(-c3ccc(-c5nc6ccccc6o5)cc3)cc2)nc2ccccc24)cc1. The molecule has 10 aromatic rings. The van der Waals surface area contributed by atoms with Crippen molar-refractivity contribution in [1.82, 2.24) is 14.5 Å². The third-order valence-corrected chi connectivity index (χ3v) is 9.43. The van der Waals surface area contributed by atoms with Crippen LogP contribution >= 0.6 is 0 Å². The highest BCUT2D eigenvalue weighted by Gasteiger charge is 2.19. The van der Waals surface area contributed by atoms with E-state index in [1.807, 2.05) is 24.3 Å². The van der Waals surface area contributed by atoms with Crippen molar-refractivity contribution < 1.29 is 4.42 Å². The molecular formula is C44H27N3O. The Kier molecular flexibility index (Phi) is 5.84. The molecule has 0 aliphatic carbocycles. The fourth-order valence-corrected chi connectivity index (χ4v) is 7.20. The highest BCUT2D eigenvalue weighted by Crippen LogP contribution is 2.42. The standard InChI is InChI=1S/C44H27N3O/c1-2-10-32(11-3-1)47-38-16-8-5-13-34(38)42-39(47)27-26-35-41(42)33-12-4-6-14-36(33)45-43(35)30-22-18-28(19-23-30)29-20-24-31(25-21-29)44-46-37-15-7-9-17-40(37)48-44/h1-27H. The second-order valence-electron chi connectivity index (χ2n) is 12.2. The second kappa shape index (κ2) is 10.5. The van der Waals surface area contributed by atoms with Crippen molar-refractivity contribution in [2.75, 3.05) is 0 Å². The summed E-state index contributed by atoms with van der Waals surface area (Å²) in [6.45, 7) is 0. The summed E-state index contributed by atoms with van der Waals surface area (Å²) < 4.78 is 8.36. The average Bonchev–Trinajstić information content (AvgIpc) is 3.75. The van der Waals surface area contributed by atoms with Crippen molar-refractivity contribution in [3.63, 3.8) is 0 Å². The van der Waals surface area contributed by atoms with Crippen LogP contribution in [0.3, 0.4) is 0 Å². The van der Waals surface area contributed by atoms with Gasteiger partial charge in [0.2, 0.25) is 5.89 Å². The Hall–Kier alpha value is -6.52. The molecule has 3 heterocycles. The summed E-state index contributed by atoms with van der Waals surface area (Å²) in [6.07, 6.45) is 0. The number of hydrogen-bond acceptors (Lipinski definition) is 3. The average molecular weight is 614 g/mol. The van der Waals surface area contributed by atoms with Gasteiger partial charge in [-0.05, 0) is 65.7 Å².